The Kier molecular flexibility index (Phi) is 8.85. The van der Waals surface area contributed by atoms with Crippen LogP contribution in [0, 0.1) is 11.6 Å². The van der Waals surface area contributed by atoms with Crippen LogP contribution in [0.15, 0.2) is 30.3 Å². The Morgan fingerprint density at radius 2 is 1.77 bits per heavy atom. The zero-order valence-electron chi connectivity index (χ0n) is 22.7. The third-order valence-electron chi connectivity index (χ3n) is 7.84. The predicted molar refractivity (Wildman–Crippen MR) is 141 cm³/mol. The number of carbonyl (C=O) groups is 3. The molecule has 1 amide bonds. The number of aliphatic carboxylic acids is 1. The molecule has 43 heavy (non-hydrogen) atoms. The fraction of sp³-hybridized carbons (Fsp3) is 0.483. The monoisotopic (exact) mass is 630 g/mol. The molecular weight excluding hydrogens is 603 g/mol. The van der Waals surface area contributed by atoms with Gasteiger partial charge in [-0.3, -0.25) is 14.6 Å². The summed E-state index contributed by atoms with van der Waals surface area (Å²) in [5, 5.41) is 9.89. The van der Waals surface area contributed by atoms with E-state index < -0.39 is 53.5 Å². The Balaban J connectivity index is 1.35. The molecule has 3 atom stereocenters. The van der Waals surface area contributed by atoms with Crippen molar-refractivity contribution in [2.75, 3.05) is 13.1 Å². The average molecular weight is 631 g/mol. The molecular formula is C29H28ClF5N2O6. The van der Waals surface area contributed by atoms with Crippen molar-refractivity contribution >= 4 is 29.4 Å². The van der Waals surface area contributed by atoms with E-state index >= 15 is 4.39 Å². The third-order valence-corrected chi connectivity index (χ3v) is 8.19. The van der Waals surface area contributed by atoms with Crippen molar-refractivity contribution in [1.82, 2.24) is 9.80 Å². The summed E-state index contributed by atoms with van der Waals surface area (Å²) in [5.41, 5.74) is 0.724. The van der Waals surface area contributed by atoms with Crippen LogP contribution in [0.25, 0.3) is 0 Å². The number of carboxylic acids is 1. The number of likely N-dealkylation sites (tertiary alicyclic amines) is 2. The van der Waals surface area contributed by atoms with Crippen molar-refractivity contribution in [3.05, 3.63) is 63.7 Å². The molecule has 1 N–H and O–H groups in total. The number of halogens is 6. The van der Waals surface area contributed by atoms with Crippen LogP contribution in [0.2, 0.25) is 5.02 Å². The van der Waals surface area contributed by atoms with Crippen LogP contribution in [0.3, 0.4) is 0 Å². The Morgan fingerprint density at radius 3 is 2.42 bits per heavy atom. The minimum absolute atomic E-state index is 0.0485. The number of hydrogen-bond donors (Lipinski definition) is 1. The summed E-state index contributed by atoms with van der Waals surface area (Å²) in [4.78, 5) is 39.3. The summed E-state index contributed by atoms with van der Waals surface area (Å²) in [5.74, 6) is -6.61. The highest BCUT2D eigenvalue weighted by atomic mass is 35.5. The van der Waals surface area contributed by atoms with Gasteiger partial charge in [0.1, 0.15) is 29.5 Å². The largest absolute Gasteiger partial charge is 0.491 e. The maximum absolute atomic E-state index is 15.5. The number of carbonyl (C=O) groups excluding carboxylic acids is 2. The molecule has 232 valence electrons. The molecule has 14 heteroatoms. The molecule has 2 aromatic rings. The molecule has 2 heterocycles. The van der Waals surface area contributed by atoms with Crippen molar-refractivity contribution in [3.8, 4) is 5.75 Å². The first-order valence-electron chi connectivity index (χ1n) is 13.8. The van der Waals surface area contributed by atoms with Crippen LogP contribution < -0.4 is 4.74 Å². The molecule has 2 saturated heterocycles. The quantitative estimate of drug-likeness (QED) is 0.297. The second kappa shape index (κ2) is 12.3. The van der Waals surface area contributed by atoms with Crippen molar-refractivity contribution < 1.29 is 50.9 Å². The number of esters is 1. The summed E-state index contributed by atoms with van der Waals surface area (Å²) in [7, 11) is 0. The van der Waals surface area contributed by atoms with E-state index in [0.29, 0.717) is 35.0 Å². The van der Waals surface area contributed by atoms with E-state index in [9.17, 15) is 37.1 Å². The van der Waals surface area contributed by atoms with Gasteiger partial charge in [-0.15, -0.1) is 0 Å². The lowest BCUT2D eigenvalue weighted by Crippen LogP contribution is -2.48. The Bertz CT molecular complexity index is 1420. The predicted octanol–water partition coefficient (Wildman–Crippen LogP) is 5.66. The van der Waals surface area contributed by atoms with E-state index in [4.69, 9.17) is 16.3 Å². The summed E-state index contributed by atoms with van der Waals surface area (Å²) in [6, 6.07) is 4.87. The standard InChI is InChI=1S/C29H28ClF5N2O6/c30-21-10-17(31)6-5-16(21)13-36-9-1-2-18(14-36)42-24-12-22(32)20(11-19(24)15-3-4-15)26(38)37-23(27(39)40)7-8-25(37)43-28(41)29(33,34)35/h5-6,10-12,15,18,23,25H,1-4,7-9,13-14H2,(H,39,40). The fourth-order valence-electron chi connectivity index (χ4n) is 5.61. The Hall–Kier alpha value is -3.45. The molecule has 0 radical (unpaired) electrons. The normalized spacial score (nSPS) is 22.8. The van der Waals surface area contributed by atoms with E-state index in [1.54, 1.807) is 6.07 Å². The van der Waals surface area contributed by atoms with Crippen molar-refractivity contribution in [1.29, 1.82) is 0 Å². The van der Waals surface area contributed by atoms with Crippen LogP contribution in [0.1, 0.15) is 65.9 Å². The molecule has 0 bridgehead atoms. The van der Waals surface area contributed by atoms with Crippen LogP contribution in [0.4, 0.5) is 22.0 Å². The number of carboxylic acid groups (broad SMARTS) is 1. The molecule has 2 aromatic carbocycles. The minimum Gasteiger partial charge on any atom is -0.489 e. The molecule has 0 spiro atoms. The first kappa shape index (κ1) is 31.0. The first-order chi connectivity index (χ1) is 20.3. The van der Waals surface area contributed by atoms with E-state index in [0.717, 1.165) is 37.4 Å². The lowest BCUT2D eigenvalue weighted by atomic mass is 10.0. The van der Waals surface area contributed by atoms with Crippen LogP contribution in [-0.4, -0.2) is 70.4 Å². The number of rotatable bonds is 8. The van der Waals surface area contributed by atoms with Crippen molar-refractivity contribution in [2.24, 2.45) is 0 Å². The van der Waals surface area contributed by atoms with E-state index in [-0.39, 0.29) is 30.6 Å². The average Bonchev–Trinajstić information content (AvgIpc) is 3.68. The summed E-state index contributed by atoms with van der Waals surface area (Å²) in [6.45, 7) is 1.67. The van der Waals surface area contributed by atoms with Gasteiger partial charge in [-0.05, 0) is 73.9 Å². The molecule has 5 rings (SSSR count). The van der Waals surface area contributed by atoms with Gasteiger partial charge in [-0.2, -0.15) is 13.2 Å². The summed E-state index contributed by atoms with van der Waals surface area (Å²) >= 11 is 6.18. The first-order valence-corrected chi connectivity index (χ1v) is 14.2. The van der Waals surface area contributed by atoms with Gasteiger partial charge >= 0.3 is 18.1 Å². The van der Waals surface area contributed by atoms with E-state index in [2.05, 4.69) is 9.64 Å². The molecule has 1 saturated carbocycles. The number of ether oxygens (including phenoxy) is 2. The van der Waals surface area contributed by atoms with Gasteiger partial charge in [0.15, 0.2) is 6.23 Å². The molecule has 2 aliphatic heterocycles. The van der Waals surface area contributed by atoms with Crippen LogP contribution in [0.5, 0.6) is 5.75 Å². The molecule has 3 aliphatic rings. The Morgan fingerprint density at radius 1 is 1.02 bits per heavy atom. The van der Waals surface area contributed by atoms with Gasteiger partial charge in [0.05, 0.1) is 5.56 Å². The summed E-state index contributed by atoms with van der Waals surface area (Å²) < 4.78 is 78.1. The lowest BCUT2D eigenvalue weighted by Gasteiger charge is -2.33. The smallest absolute Gasteiger partial charge is 0.489 e. The number of benzene rings is 2. The minimum atomic E-state index is -5.36. The van der Waals surface area contributed by atoms with Gasteiger partial charge in [-0.1, -0.05) is 17.7 Å². The van der Waals surface area contributed by atoms with Gasteiger partial charge in [0, 0.05) is 30.6 Å². The number of amides is 1. The highest BCUT2D eigenvalue weighted by Crippen LogP contribution is 2.46. The number of piperidine rings is 1. The van der Waals surface area contributed by atoms with Crippen molar-refractivity contribution in [3.63, 3.8) is 0 Å². The molecule has 8 nitrogen and oxygen atoms in total. The highest BCUT2D eigenvalue weighted by molar-refractivity contribution is 6.31. The zero-order valence-corrected chi connectivity index (χ0v) is 23.5. The highest BCUT2D eigenvalue weighted by Gasteiger charge is 2.49. The van der Waals surface area contributed by atoms with Gasteiger partial charge in [0.25, 0.3) is 5.91 Å². The molecule has 1 aliphatic carbocycles. The maximum atomic E-state index is 15.5. The fourth-order valence-corrected chi connectivity index (χ4v) is 5.84. The molecule has 3 unspecified atom stereocenters. The van der Waals surface area contributed by atoms with E-state index in [1.807, 2.05) is 0 Å². The zero-order chi connectivity index (χ0) is 31.1. The number of nitrogens with zero attached hydrogens (tertiary/aromatic N) is 2. The number of hydrogen-bond acceptors (Lipinski definition) is 6. The third kappa shape index (κ3) is 7.04. The van der Waals surface area contributed by atoms with Gasteiger partial charge in [0.2, 0.25) is 0 Å². The van der Waals surface area contributed by atoms with Gasteiger partial charge < -0.3 is 14.6 Å². The SMILES string of the molecule is O=C(O)C1CCC(OC(=O)C(F)(F)F)N1C(=O)c1cc(C2CC2)c(OC2CCCN(Cc3ccc(F)cc3Cl)C2)cc1F. The van der Waals surface area contributed by atoms with Crippen LogP contribution in [-0.2, 0) is 20.9 Å². The van der Waals surface area contributed by atoms with Crippen molar-refractivity contribution in [2.45, 2.75) is 75.5 Å². The molecule has 0 aromatic heterocycles. The van der Waals surface area contributed by atoms with Gasteiger partial charge in [-0.25, -0.2) is 18.4 Å². The topological polar surface area (TPSA) is 96.4 Å². The lowest BCUT2D eigenvalue weighted by molar-refractivity contribution is -0.210. The Labute approximate surface area is 248 Å². The molecule has 3 fully saturated rings. The van der Waals surface area contributed by atoms with Crippen LogP contribution >= 0.6 is 11.6 Å². The van der Waals surface area contributed by atoms with E-state index in [1.165, 1.54) is 18.2 Å². The second-order valence-electron chi connectivity index (χ2n) is 11.0. The second-order valence-corrected chi connectivity index (χ2v) is 11.4. The summed E-state index contributed by atoms with van der Waals surface area (Å²) in [6.07, 6.45) is -5.26. The number of alkyl halides is 3. The maximum Gasteiger partial charge on any atom is 0.491 e.